The molecule has 1 N–H and O–H groups in total. The number of benzene rings is 1. The number of likely N-dealkylation sites (tertiary alicyclic amines) is 1. The van der Waals surface area contributed by atoms with E-state index in [1.165, 1.54) is 12.8 Å². The van der Waals surface area contributed by atoms with Crippen molar-refractivity contribution in [2.24, 2.45) is 0 Å². The van der Waals surface area contributed by atoms with E-state index in [9.17, 15) is 4.79 Å². The third kappa shape index (κ3) is 3.73. The molecule has 1 heterocycles. The van der Waals surface area contributed by atoms with Crippen molar-refractivity contribution in [1.29, 1.82) is 0 Å². The maximum Gasteiger partial charge on any atom is 0.251 e. The topological polar surface area (TPSA) is 35.6 Å². The second-order valence-electron chi connectivity index (χ2n) is 5.75. The Labute approximate surface area is 121 Å². The van der Waals surface area contributed by atoms with Crippen LogP contribution in [0, 0.1) is 0 Å². The Morgan fingerprint density at radius 3 is 2.70 bits per heavy atom. The number of nitrogens with one attached hydrogen (secondary N) is 1. The van der Waals surface area contributed by atoms with E-state index >= 15 is 0 Å². The summed E-state index contributed by atoms with van der Waals surface area (Å²) in [7, 11) is 3.96. The largest absolute Gasteiger partial charge is 0.378 e. The van der Waals surface area contributed by atoms with Crippen LogP contribution in [0.1, 0.15) is 30.1 Å². The molecule has 0 saturated carbocycles. The minimum atomic E-state index is 0.0137. The normalized spacial score (nSPS) is 16.9. The summed E-state index contributed by atoms with van der Waals surface area (Å²) in [5, 5.41) is 3.04. The number of carbonyl (C=O) groups is 1. The highest BCUT2D eigenvalue weighted by atomic mass is 16.1. The Morgan fingerprint density at radius 1 is 1.35 bits per heavy atom. The quantitative estimate of drug-likeness (QED) is 0.892. The lowest BCUT2D eigenvalue weighted by Crippen LogP contribution is -2.40. The molecule has 0 bridgehead atoms. The highest BCUT2D eigenvalue weighted by Gasteiger charge is 2.18. The fourth-order valence-electron chi connectivity index (χ4n) is 2.58. The van der Waals surface area contributed by atoms with Crippen LogP contribution in [0.5, 0.6) is 0 Å². The first-order chi connectivity index (χ1) is 9.58. The van der Waals surface area contributed by atoms with Gasteiger partial charge in [-0.25, -0.2) is 0 Å². The van der Waals surface area contributed by atoms with Gasteiger partial charge in [-0.05, 0) is 51.1 Å². The zero-order chi connectivity index (χ0) is 14.5. The second kappa shape index (κ2) is 6.75. The van der Waals surface area contributed by atoms with E-state index in [0.29, 0.717) is 12.6 Å². The predicted molar refractivity (Wildman–Crippen MR) is 83.4 cm³/mol. The lowest BCUT2D eigenvalue weighted by molar-refractivity contribution is 0.0940. The molecule has 1 aliphatic heterocycles. The molecule has 20 heavy (non-hydrogen) atoms. The van der Waals surface area contributed by atoms with Gasteiger partial charge in [-0.15, -0.1) is 0 Å². The van der Waals surface area contributed by atoms with Crippen molar-refractivity contribution in [2.75, 3.05) is 38.6 Å². The average Bonchev–Trinajstić information content (AvgIpc) is 2.98. The van der Waals surface area contributed by atoms with Crippen LogP contribution in [-0.4, -0.2) is 50.6 Å². The van der Waals surface area contributed by atoms with Crippen molar-refractivity contribution >= 4 is 11.6 Å². The van der Waals surface area contributed by atoms with Gasteiger partial charge in [-0.3, -0.25) is 9.69 Å². The molecular formula is C16H25N3O. The molecule has 1 saturated heterocycles. The van der Waals surface area contributed by atoms with Crippen LogP contribution in [0.2, 0.25) is 0 Å². The van der Waals surface area contributed by atoms with Crippen molar-refractivity contribution < 1.29 is 4.79 Å². The summed E-state index contributed by atoms with van der Waals surface area (Å²) in [4.78, 5) is 16.6. The molecule has 4 nitrogen and oxygen atoms in total. The number of carbonyl (C=O) groups excluding carboxylic acids is 1. The fraction of sp³-hybridized carbons (Fsp3) is 0.562. The van der Waals surface area contributed by atoms with Gasteiger partial charge in [0.15, 0.2) is 0 Å². The van der Waals surface area contributed by atoms with E-state index < -0.39 is 0 Å². The van der Waals surface area contributed by atoms with Crippen LogP contribution in [0.4, 0.5) is 5.69 Å². The summed E-state index contributed by atoms with van der Waals surface area (Å²) in [5.74, 6) is 0.0137. The Balaban J connectivity index is 1.89. The number of amides is 1. The van der Waals surface area contributed by atoms with Crippen LogP contribution in [0.25, 0.3) is 0 Å². The van der Waals surface area contributed by atoms with Crippen LogP contribution >= 0.6 is 0 Å². The molecule has 1 fully saturated rings. The van der Waals surface area contributed by atoms with Gasteiger partial charge in [0, 0.05) is 37.9 Å². The fourth-order valence-corrected chi connectivity index (χ4v) is 2.58. The molecule has 0 aliphatic carbocycles. The number of rotatable bonds is 5. The van der Waals surface area contributed by atoms with Crippen molar-refractivity contribution in [3.8, 4) is 0 Å². The van der Waals surface area contributed by atoms with E-state index in [0.717, 1.165) is 24.3 Å². The van der Waals surface area contributed by atoms with Gasteiger partial charge in [0.25, 0.3) is 5.91 Å². The van der Waals surface area contributed by atoms with Gasteiger partial charge >= 0.3 is 0 Å². The van der Waals surface area contributed by atoms with Crippen molar-refractivity contribution in [2.45, 2.75) is 25.8 Å². The third-order valence-electron chi connectivity index (χ3n) is 3.95. The monoisotopic (exact) mass is 275 g/mol. The van der Waals surface area contributed by atoms with E-state index in [2.05, 4.69) is 17.1 Å². The Bertz CT molecular complexity index is 453. The molecule has 2 rings (SSSR count). The van der Waals surface area contributed by atoms with Gasteiger partial charge in [0.2, 0.25) is 0 Å². The first-order valence-corrected chi connectivity index (χ1v) is 7.37. The molecule has 0 radical (unpaired) electrons. The first-order valence-electron chi connectivity index (χ1n) is 7.37. The Kier molecular flexibility index (Phi) is 5.01. The molecule has 0 spiro atoms. The molecule has 1 aromatic rings. The minimum Gasteiger partial charge on any atom is -0.378 e. The predicted octanol–water partition coefficient (Wildman–Crippen LogP) is 1.97. The van der Waals surface area contributed by atoms with Gasteiger partial charge in [-0.2, -0.15) is 0 Å². The van der Waals surface area contributed by atoms with Crippen molar-refractivity contribution in [3.63, 3.8) is 0 Å². The maximum absolute atomic E-state index is 12.2. The highest BCUT2D eigenvalue weighted by Crippen LogP contribution is 2.14. The maximum atomic E-state index is 12.2. The third-order valence-corrected chi connectivity index (χ3v) is 3.95. The number of hydrogen-bond acceptors (Lipinski definition) is 3. The van der Waals surface area contributed by atoms with Crippen molar-refractivity contribution in [3.05, 3.63) is 29.8 Å². The molecule has 1 aliphatic rings. The molecule has 1 amide bonds. The van der Waals surface area contributed by atoms with E-state index in [1.807, 2.05) is 43.3 Å². The van der Waals surface area contributed by atoms with E-state index in [1.54, 1.807) is 0 Å². The van der Waals surface area contributed by atoms with Crippen LogP contribution < -0.4 is 10.2 Å². The summed E-state index contributed by atoms with van der Waals surface area (Å²) >= 11 is 0. The highest BCUT2D eigenvalue weighted by molar-refractivity contribution is 5.95. The summed E-state index contributed by atoms with van der Waals surface area (Å²) < 4.78 is 0. The molecule has 4 heteroatoms. The van der Waals surface area contributed by atoms with E-state index in [4.69, 9.17) is 0 Å². The van der Waals surface area contributed by atoms with Gasteiger partial charge in [-0.1, -0.05) is 6.07 Å². The lowest BCUT2D eigenvalue weighted by Gasteiger charge is -2.24. The number of anilines is 1. The SMILES string of the molecule is C[C@@H](CNC(=O)c1cccc(N(C)C)c1)N1CCCC1. The molecule has 1 atom stereocenters. The van der Waals surface area contributed by atoms with Crippen molar-refractivity contribution in [1.82, 2.24) is 10.2 Å². The number of nitrogens with zero attached hydrogens (tertiary/aromatic N) is 2. The van der Waals surface area contributed by atoms with Crippen LogP contribution in [-0.2, 0) is 0 Å². The zero-order valence-electron chi connectivity index (χ0n) is 12.7. The van der Waals surface area contributed by atoms with E-state index in [-0.39, 0.29) is 5.91 Å². The summed E-state index contributed by atoms with van der Waals surface area (Å²) in [6.45, 7) is 5.22. The van der Waals surface area contributed by atoms with Crippen LogP contribution in [0.15, 0.2) is 24.3 Å². The molecule has 110 valence electrons. The average molecular weight is 275 g/mol. The standard InChI is InChI=1S/C16H25N3O/c1-13(19-9-4-5-10-19)12-17-16(20)14-7-6-8-15(11-14)18(2)3/h6-8,11,13H,4-5,9-10,12H2,1-3H3,(H,17,20)/t13-/m0/s1. The molecule has 1 aromatic carbocycles. The summed E-state index contributed by atoms with van der Waals surface area (Å²) in [6.07, 6.45) is 2.56. The smallest absolute Gasteiger partial charge is 0.251 e. The van der Waals surface area contributed by atoms with Gasteiger partial charge < -0.3 is 10.2 Å². The summed E-state index contributed by atoms with van der Waals surface area (Å²) in [5.41, 5.74) is 1.77. The van der Waals surface area contributed by atoms with Gasteiger partial charge in [0.05, 0.1) is 0 Å². The minimum absolute atomic E-state index is 0.0137. The zero-order valence-corrected chi connectivity index (χ0v) is 12.7. The van der Waals surface area contributed by atoms with Crippen LogP contribution in [0.3, 0.4) is 0 Å². The first kappa shape index (κ1) is 14.9. The lowest BCUT2D eigenvalue weighted by atomic mass is 10.1. The Morgan fingerprint density at radius 2 is 2.05 bits per heavy atom. The molecular weight excluding hydrogens is 250 g/mol. The molecule has 0 aromatic heterocycles. The second-order valence-corrected chi connectivity index (χ2v) is 5.75. The Hall–Kier alpha value is -1.55. The van der Waals surface area contributed by atoms with Gasteiger partial charge in [0.1, 0.15) is 0 Å². The summed E-state index contributed by atoms with van der Waals surface area (Å²) in [6, 6.07) is 8.13. The number of hydrogen-bond donors (Lipinski definition) is 1. The molecule has 0 unspecified atom stereocenters.